The van der Waals surface area contributed by atoms with Crippen LogP contribution in [-0.2, 0) is 4.79 Å². The molecule has 5 rings (SSSR count). The molecule has 1 atom stereocenters. The first-order chi connectivity index (χ1) is 15.6. The molecular formula is C27H25N3O2. The molecule has 1 N–H and O–H groups in total. The third-order valence-corrected chi connectivity index (χ3v) is 6.39. The topological polar surface area (TPSA) is 62.3 Å². The van der Waals surface area contributed by atoms with Gasteiger partial charge in [-0.2, -0.15) is 0 Å². The molecule has 2 amide bonds. The maximum Gasteiger partial charge on any atom is 0.255 e. The van der Waals surface area contributed by atoms with Crippen LogP contribution in [0.3, 0.4) is 0 Å². The van der Waals surface area contributed by atoms with Crippen LogP contribution >= 0.6 is 0 Å². The minimum Gasteiger partial charge on any atom is -0.353 e. The van der Waals surface area contributed by atoms with Crippen LogP contribution in [0.5, 0.6) is 0 Å². The van der Waals surface area contributed by atoms with Crippen molar-refractivity contribution in [1.29, 1.82) is 0 Å². The van der Waals surface area contributed by atoms with Crippen molar-refractivity contribution in [3.05, 3.63) is 78.0 Å². The molecule has 160 valence electrons. The number of pyridine rings is 1. The van der Waals surface area contributed by atoms with Crippen molar-refractivity contribution in [3.8, 4) is 11.1 Å². The lowest BCUT2D eigenvalue weighted by Gasteiger charge is -2.34. The Morgan fingerprint density at radius 2 is 1.72 bits per heavy atom. The van der Waals surface area contributed by atoms with E-state index in [-0.39, 0.29) is 11.8 Å². The van der Waals surface area contributed by atoms with Gasteiger partial charge in [0.25, 0.3) is 5.91 Å². The van der Waals surface area contributed by atoms with Gasteiger partial charge in [0.15, 0.2) is 0 Å². The highest BCUT2D eigenvalue weighted by Gasteiger charge is 2.32. The van der Waals surface area contributed by atoms with Crippen molar-refractivity contribution in [2.24, 2.45) is 0 Å². The summed E-state index contributed by atoms with van der Waals surface area (Å²) in [5, 5.41) is 5.88. The Balaban J connectivity index is 1.68. The number of fused-ring (bicyclic) bond motifs is 2. The number of nitrogens with zero attached hydrogens (tertiary/aromatic N) is 2. The average Bonchev–Trinajstić information content (AvgIpc) is 2.83. The lowest BCUT2D eigenvalue weighted by atomic mass is 9.91. The van der Waals surface area contributed by atoms with E-state index < -0.39 is 6.04 Å². The van der Waals surface area contributed by atoms with Gasteiger partial charge >= 0.3 is 0 Å². The third-order valence-electron chi connectivity index (χ3n) is 6.39. The number of nitrogens with one attached hydrogen (secondary N) is 1. The van der Waals surface area contributed by atoms with Gasteiger partial charge < -0.3 is 10.2 Å². The van der Waals surface area contributed by atoms with Crippen molar-refractivity contribution in [1.82, 2.24) is 15.2 Å². The molecule has 5 nitrogen and oxygen atoms in total. The Hall–Kier alpha value is -3.73. The number of carbonyl (C=O) groups is 2. The van der Waals surface area contributed by atoms with Gasteiger partial charge in [-0.3, -0.25) is 14.6 Å². The van der Waals surface area contributed by atoms with Crippen LogP contribution in [0.1, 0.15) is 29.3 Å². The van der Waals surface area contributed by atoms with Gasteiger partial charge in [0, 0.05) is 30.2 Å². The number of piperazine rings is 1. The number of amides is 2. The Labute approximate surface area is 187 Å². The Morgan fingerprint density at radius 1 is 1.00 bits per heavy atom. The molecule has 3 aromatic carbocycles. The summed E-state index contributed by atoms with van der Waals surface area (Å²) in [6.07, 6.45) is 2.41. The number of hydrogen-bond acceptors (Lipinski definition) is 3. The summed E-state index contributed by atoms with van der Waals surface area (Å²) in [7, 11) is 0. The van der Waals surface area contributed by atoms with E-state index in [1.54, 1.807) is 4.90 Å². The number of carbonyl (C=O) groups excluding carboxylic acids is 2. The summed E-state index contributed by atoms with van der Waals surface area (Å²) in [4.78, 5) is 32.2. The standard InChI is InChI=1S/C27H25N3O2/c1-3-24-26(31)29-15-16-30(24)27(32)23-13-12-20(18-7-4-5-8-19(18)23)21-11-10-17(2)25-22(21)9-6-14-28-25/h4-14,24H,3,15-16H2,1-2H3,(H,29,31). The summed E-state index contributed by atoms with van der Waals surface area (Å²) in [5.41, 5.74) is 4.91. The Kier molecular flexibility index (Phi) is 5.10. The van der Waals surface area contributed by atoms with E-state index in [1.165, 1.54) is 0 Å². The molecule has 32 heavy (non-hydrogen) atoms. The third kappa shape index (κ3) is 3.21. The first-order valence-electron chi connectivity index (χ1n) is 11.0. The molecule has 1 saturated heterocycles. The van der Waals surface area contributed by atoms with Gasteiger partial charge in [-0.1, -0.05) is 55.5 Å². The maximum absolute atomic E-state index is 13.6. The second-order valence-corrected chi connectivity index (χ2v) is 8.25. The predicted molar refractivity (Wildman–Crippen MR) is 128 cm³/mol. The highest BCUT2D eigenvalue weighted by Crippen LogP contribution is 2.36. The highest BCUT2D eigenvalue weighted by molar-refractivity contribution is 6.13. The van der Waals surface area contributed by atoms with Crippen molar-refractivity contribution >= 4 is 33.5 Å². The molecule has 1 fully saturated rings. The number of rotatable bonds is 3. The molecule has 0 saturated carbocycles. The molecule has 5 heteroatoms. The average molecular weight is 424 g/mol. The van der Waals surface area contributed by atoms with E-state index in [9.17, 15) is 9.59 Å². The Bertz CT molecular complexity index is 1360. The number of hydrogen-bond donors (Lipinski definition) is 1. The van der Waals surface area contributed by atoms with Crippen LogP contribution in [0.15, 0.2) is 66.9 Å². The highest BCUT2D eigenvalue weighted by atomic mass is 16.2. The van der Waals surface area contributed by atoms with Crippen molar-refractivity contribution in [3.63, 3.8) is 0 Å². The molecule has 0 aliphatic carbocycles. The van der Waals surface area contributed by atoms with Crippen LogP contribution in [0.4, 0.5) is 0 Å². The number of aryl methyl sites for hydroxylation is 1. The molecule has 1 unspecified atom stereocenters. The first-order valence-corrected chi connectivity index (χ1v) is 11.0. The quantitative estimate of drug-likeness (QED) is 0.519. The van der Waals surface area contributed by atoms with Gasteiger partial charge in [0.05, 0.1) is 5.52 Å². The molecule has 0 spiro atoms. The Morgan fingerprint density at radius 3 is 2.53 bits per heavy atom. The predicted octanol–water partition coefficient (Wildman–Crippen LogP) is 4.71. The van der Waals surface area contributed by atoms with Crippen molar-refractivity contribution in [2.45, 2.75) is 26.3 Å². The summed E-state index contributed by atoms with van der Waals surface area (Å²) in [6, 6.07) is 19.8. The second kappa shape index (κ2) is 8.08. The van der Waals surface area contributed by atoms with Gasteiger partial charge in [0.2, 0.25) is 5.91 Å². The van der Waals surface area contributed by atoms with E-state index in [4.69, 9.17) is 0 Å². The summed E-state index contributed by atoms with van der Waals surface area (Å²) in [5.74, 6) is -0.170. The van der Waals surface area contributed by atoms with E-state index in [2.05, 4.69) is 41.5 Å². The van der Waals surface area contributed by atoms with Gasteiger partial charge in [-0.15, -0.1) is 0 Å². The van der Waals surface area contributed by atoms with Crippen molar-refractivity contribution < 1.29 is 9.59 Å². The van der Waals surface area contributed by atoms with E-state index in [0.29, 0.717) is 25.1 Å². The molecule has 4 aromatic rings. The zero-order valence-corrected chi connectivity index (χ0v) is 18.3. The fraction of sp³-hybridized carbons (Fsp3) is 0.222. The van der Waals surface area contributed by atoms with Crippen LogP contribution < -0.4 is 5.32 Å². The lowest BCUT2D eigenvalue weighted by Crippen LogP contribution is -2.56. The largest absolute Gasteiger partial charge is 0.353 e. The number of benzene rings is 3. The van der Waals surface area contributed by atoms with Gasteiger partial charge in [-0.05, 0) is 52.9 Å². The summed E-state index contributed by atoms with van der Waals surface area (Å²) < 4.78 is 0. The molecular weight excluding hydrogens is 398 g/mol. The SMILES string of the molecule is CCC1C(=O)NCCN1C(=O)c1ccc(-c2ccc(C)c3ncccc23)c2ccccc12. The zero-order chi connectivity index (χ0) is 22.2. The first kappa shape index (κ1) is 20.2. The molecule has 1 aromatic heterocycles. The summed E-state index contributed by atoms with van der Waals surface area (Å²) >= 11 is 0. The molecule has 1 aliphatic heterocycles. The normalized spacial score (nSPS) is 16.4. The lowest BCUT2D eigenvalue weighted by molar-refractivity contribution is -0.127. The van der Waals surface area contributed by atoms with Crippen LogP contribution in [-0.4, -0.2) is 40.8 Å². The molecule has 1 aliphatic rings. The fourth-order valence-corrected chi connectivity index (χ4v) is 4.79. The fourth-order valence-electron chi connectivity index (χ4n) is 4.79. The van der Waals surface area contributed by atoms with E-state index >= 15 is 0 Å². The monoisotopic (exact) mass is 423 g/mol. The minimum absolute atomic E-state index is 0.0772. The van der Waals surface area contributed by atoms with Crippen LogP contribution in [0.25, 0.3) is 32.8 Å². The zero-order valence-electron chi connectivity index (χ0n) is 18.3. The second-order valence-electron chi connectivity index (χ2n) is 8.25. The number of aromatic nitrogens is 1. The molecule has 0 bridgehead atoms. The summed E-state index contributed by atoms with van der Waals surface area (Å²) in [6.45, 7) is 5.01. The smallest absolute Gasteiger partial charge is 0.255 e. The van der Waals surface area contributed by atoms with E-state index in [1.807, 2.05) is 49.5 Å². The van der Waals surface area contributed by atoms with Crippen LogP contribution in [0, 0.1) is 6.92 Å². The van der Waals surface area contributed by atoms with E-state index in [0.717, 1.165) is 38.4 Å². The maximum atomic E-state index is 13.6. The van der Waals surface area contributed by atoms with Crippen LogP contribution in [0.2, 0.25) is 0 Å². The molecule has 0 radical (unpaired) electrons. The minimum atomic E-state index is -0.429. The van der Waals surface area contributed by atoms with Gasteiger partial charge in [0.1, 0.15) is 6.04 Å². The van der Waals surface area contributed by atoms with Crippen molar-refractivity contribution in [2.75, 3.05) is 13.1 Å². The molecule has 2 heterocycles. The van der Waals surface area contributed by atoms with Gasteiger partial charge in [-0.25, -0.2) is 0 Å².